The van der Waals surface area contributed by atoms with E-state index in [1.165, 1.54) is 11.1 Å². The molecule has 2 aromatic carbocycles. The first-order chi connectivity index (χ1) is 14.7. The number of hydrogen-bond donors (Lipinski definition) is 0. The predicted molar refractivity (Wildman–Crippen MR) is 119 cm³/mol. The molecule has 4 rings (SSSR count). The quantitative estimate of drug-likeness (QED) is 0.606. The van der Waals surface area contributed by atoms with Crippen molar-refractivity contribution in [1.82, 2.24) is 9.88 Å². The van der Waals surface area contributed by atoms with E-state index in [0.29, 0.717) is 12.3 Å². The molecule has 0 aliphatic carbocycles. The van der Waals surface area contributed by atoms with E-state index in [4.69, 9.17) is 9.72 Å². The topological polar surface area (TPSA) is 42.4 Å². The molecule has 1 aromatic heterocycles. The number of likely N-dealkylation sites (tertiary alicyclic amines) is 1. The third kappa shape index (κ3) is 5.07. The molecule has 1 aliphatic heterocycles. The summed E-state index contributed by atoms with van der Waals surface area (Å²) in [6.07, 6.45) is 5.38. The van der Waals surface area contributed by atoms with Crippen LogP contribution in [0.1, 0.15) is 41.1 Å². The standard InChI is InChI=1S/C26H28N2O2/c1-30-24-11-5-9-21(16-24)17-26(29)28-14-6-10-23(19-28)25-13-12-22(18-27-25)15-20-7-3-2-4-8-20/h2-5,7-9,11-13,16,18,23H,6,10,14-15,17,19H2,1H3/t23-/m1/s1. The average Bonchev–Trinajstić information content (AvgIpc) is 2.80. The van der Waals surface area contributed by atoms with Crippen LogP contribution in [0.25, 0.3) is 0 Å². The lowest BCUT2D eigenvalue weighted by Crippen LogP contribution is -2.40. The number of methoxy groups -OCH3 is 1. The number of aromatic nitrogens is 1. The maximum Gasteiger partial charge on any atom is 0.227 e. The van der Waals surface area contributed by atoms with Gasteiger partial charge in [-0.1, -0.05) is 48.5 Å². The number of amides is 1. The molecular formula is C26H28N2O2. The minimum Gasteiger partial charge on any atom is -0.497 e. The Morgan fingerprint density at radius 3 is 2.63 bits per heavy atom. The van der Waals surface area contributed by atoms with Crippen molar-refractivity contribution in [1.29, 1.82) is 0 Å². The Balaban J connectivity index is 1.37. The van der Waals surface area contributed by atoms with Gasteiger partial charge >= 0.3 is 0 Å². The Morgan fingerprint density at radius 1 is 1.03 bits per heavy atom. The smallest absolute Gasteiger partial charge is 0.227 e. The molecule has 1 atom stereocenters. The fraction of sp³-hybridized carbons (Fsp3) is 0.308. The maximum absolute atomic E-state index is 12.9. The van der Waals surface area contributed by atoms with Gasteiger partial charge in [0.15, 0.2) is 0 Å². The molecule has 0 N–H and O–H groups in total. The van der Waals surface area contributed by atoms with Crippen molar-refractivity contribution in [3.05, 3.63) is 95.3 Å². The molecule has 1 amide bonds. The molecule has 4 nitrogen and oxygen atoms in total. The van der Waals surface area contributed by atoms with Gasteiger partial charge < -0.3 is 9.64 Å². The van der Waals surface area contributed by atoms with E-state index in [1.54, 1.807) is 7.11 Å². The van der Waals surface area contributed by atoms with E-state index in [9.17, 15) is 4.79 Å². The van der Waals surface area contributed by atoms with Crippen LogP contribution < -0.4 is 4.74 Å². The molecule has 4 heteroatoms. The zero-order valence-electron chi connectivity index (χ0n) is 17.5. The van der Waals surface area contributed by atoms with Crippen LogP contribution in [0.2, 0.25) is 0 Å². The summed E-state index contributed by atoms with van der Waals surface area (Å²) in [6.45, 7) is 1.57. The second kappa shape index (κ2) is 9.57. The molecule has 3 aromatic rings. The first-order valence-electron chi connectivity index (χ1n) is 10.6. The largest absolute Gasteiger partial charge is 0.497 e. The number of carbonyl (C=O) groups is 1. The minimum atomic E-state index is 0.175. The third-order valence-corrected chi connectivity index (χ3v) is 5.78. The van der Waals surface area contributed by atoms with E-state index in [2.05, 4.69) is 36.4 Å². The molecule has 0 radical (unpaired) electrons. The van der Waals surface area contributed by atoms with Gasteiger partial charge in [-0.2, -0.15) is 0 Å². The van der Waals surface area contributed by atoms with Gasteiger partial charge in [0.05, 0.1) is 13.5 Å². The second-order valence-corrected chi connectivity index (χ2v) is 7.96. The second-order valence-electron chi connectivity index (χ2n) is 7.96. The Kier molecular flexibility index (Phi) is 6.43. The molecule has 30 heavy (non-hydrogen) atoms. The molecule has 0 bridgehead atoms. The summed E-state index contributed by atoms with van der Waals surface area (Å²) in [7, 11) is 1.65. The van der Waals surface area contributed by atoms with Gasteiger partial charge in [0, 0.05) is 30.9 Å². The van der Waals surface area contributed by atoms with Crippen molar-refractivity contribution in [2.75, 3.05) is 20.2 Å². The van der Waals surface area contributed by atoms with Gasteiger partial charge in [-0.25, -0.2) is 0 Å². The Bertz CT molecular complexity index is 970. The van der Waals surface area contributed by atoms with Crippen LogP contribution in [0.4, 0.5) is 0 Å². The van der Waals surface area contributed by atoms with Crippen molar-refractivity contribution >= 4 is 5.91 Å². The zero-order valence-corrected chi connectivity index (χ0v) is 17.5. The van der Waals surface area contributed by atoms with E-state index in [0.717, 1.165) is 49.4 Å². The predicted octanol–water partition coefficient (Wildman–Crippen LogP) is 4.63. The Labute approximate surface area is 178 Å². The van der Waals surface area contributed by atoms with E-state index in [-0.39, 0.29) is 5.91 Å². The van der Waals surface area contributed by atoms with Crippen LogP contribution in [-0.4, -0.2) is 36.0 Å². The molecule has 2 heterocycles. The molecule has 1 saturated heterocycles. The van der Waals surface area contributed by atoms with Gasteiger partial charge in [0.25, 0.3) is 0 Å². The molecular weight excluding hydrogens is 372 g/mol. The summed E-state index contributed by atoms with van der Waals surface area (Å²) in [4.78, 5) is 19.6. The third-order valence-electron chi connectivity index (χ3n) is 5.78. The lowest BCUT2D eigenvalue weighted by molar-refractivity contribution is -0.131. The SMILES string of the molecule is COc1cccc(CC(=O)N2CCC[C@@H](c3ccc(Cc4ccccc4)cn3)C2)c1. The summed E-state index contributed by atoms with van der Waals surface area (Å²) in [5, 5.41) is 0. The highest BCUT2D eigenvalue weighted by atomic mass is 16.5. The van der Waals surface area contributed by atoms with Crippen LogP contribution in [0.5, 0.6) is 5.75 Å². The van der Waals surface area contributed by atoms with Crippen LogP contribution in [-0.2, 0) is 17.6 Å². The van der Waals surface area contributed by atoms with Gasteiger partial charge in [-0.15, -0.1) is 0 Å². The number of rotatable bonds is 6. The molecule has 0 spiro atoms. The van der Waals surface area contributed by atoms with Crippen molar-refractivity contribution in [3.8, 4) is 5.75 Å². The van der Waals surface area contributed by atoms with Crippen LogP contribution >= 0.6 is 0 Å². The monoisotopic (exact) mass is 400 g/mol. The lowest BCUT2D eigenvalue weighted by atomic mass is 9.93. The maximum atomic E-state index is 12.9. The van der Waals surface area contributed by atoms with Crippen molar-refractivity contribution in [2.45, 2.75) is 31.6 Å². The highest BCUT2D eigenvalue weighted by molar-refractivity contribution is 5.79. The van der Waals surface area contributed by atoms with Crippen molar-refractivity contribution in [2.24, 2.45) is 0 Å². The number of pyridine rings is 1. The number of piperidine rings is 1. The fourth-order valence-corrected chi connectivity index (χ4v) is 4.13. The summed E-state index contributed by atoms with van der Waals surface area (Å²) in [5.41, 5.74) is 4.58. The van der Waals surface area contributed by atoms with E-state index >= 15 is 0 Å². The van der Waals surface area contributed by atoms with Crippen molar-refractivity contribution in [3.63, 3.8) is 0 Å². The van der Waals surface area contributed by atoms with Crippen LogP contribution in [0.15, 0.2) is 72.9 Å². The number of hydrogen-bond acceptors (Lipinski definition) is 3. The van der Waals surface area contributed by atoms with Crippen LogP contribution in [0, 0.1) is 0 Å². The number of carbonyl (C=O) groups excluding carboxylic acids is 1. The van der Waals surface area contributed by atoms with Crippen LogP contribution in [0.3, 0.4) is 0 Å². The highest BCUT2D eigenvalue weighted by Crippen LogP contribution is 2.26. The summed E-state index contributed by atoms with van der Waals surface area (Å²) in [5.74, 6) is 1.27. The molecule has 0 saturated carbocycles. The fourth-order valence-electron chi connectivity index (χ4n) is 4.13. The van der Waals surface area contributed by atoms with Gasteiger partial charge in [0.1, 0.15) is 5.75 Å². The Morgan fingerprint density at radius 2 is 1.87 bits per heavy atom. The minimum absolute atomic E-state index is 0.175. The molecule has 1 aliphatic rings. The molecule has 1 fully saturated rings. The van der Waals surface area contributed by atoms with Gasteiger partial charge in [0.2, 0.25) is 5.91 Å². The number of nitrogens with zero attached hydrogens (tertiary/aromatic N) is 2. The summed E-state index contributed by atoms with van der Waals surface area (Å²) < 4.78 is 5.27. The molecule has 154 valence electrons. The summed E-state index contributed by atoms with van der Waals surface area (Å²) >= 11 is 0. The Hall–Kier alpha value is -3.14. The van der Waals surface area contributed by atoms with Gasteiger partial charge in [-0.05, 0) is 54.2 Å². The van der Waals surface area contributed by atoms with Gasteiger partial charge in [-0.3, -0.25) is 9.78 Å². The number of ether oxygens (including phenoxy) is 1. The molecule has 0 unspecified atom stereocenters. The van der Waals surface area contributed by atoms with E-state index in [1.807, 2.05) is 41.4 Å². The highest BCUT2D eigenvalue weighted by Gasteiger charge is 2.25. The van der Waals surface area contributed by atoms with E-state index < -0.39 is 0 Å². The zero-order chi connectivity index (χ0) is 20.8. The summed E-state index contributed by atoms with van der Waals surface area (Å²) in [6, 6.07) is 22.5. The first kappa shape index (κ1) is 20.1. The first-order valence-corrected chi connectivity index (χ1v) is 10.6. The average molecular weight is 401 g/mol. The number of benzene rings is 2. The normalized spacial score (nSPS) is 16.3. The lowest BCUT2D eigenvalue weighted by Gasteiger charge is -2.32. The van der Waals surface area contributed by atoms with Crippen molar-refractivity contribution < 1.29 is 9.53 Å².